The summed E-state index contributed by atoms with van der Waals surface area (Å²) in [5.74, 6) is 0.128. The van der Waals surface area contributed by atoms with Crippen molar-refractivity contribution < 1.29 is 13.2 Å². The Kier molecular flexibility index (Phi) is 4.27. The first-order valence-corrected chi connectivity index (χ1v) is 6.16. The van der Waals surface area contributed by atoms with Gasteiger partial charge in [0.1, 0.15) is 11.6 Å². The number of benzene rings is 1. The van der Waals surface area contributed by atoms with Crippen LogP contribution in [0.2, 0.25) is 0 Å². The summed E-state index contributed by atoms with van der Waals surface area (Å²) in [6.07, 6.45) is 1.47. The van der Waals surface area contributed by atoms with Crippen molar-refractivity contribution in [3.05, 3.63) is 41.9 Å². The van der Waals surface area contributed by atoms with Gasteiger partial charge in [0, 0.05) is 11.6 Å². The van der Waals surface area contributed by atoms with Crippen molar-refractivity contribution in [1.82, 2.24) is 10.3 Å². The highest BCUT2D eigenvalue weighted by Crippen LogP contribution is 2.22. The van der Waals surface area contributed by atoms with Crippen molar-refractivity contribution in [1.29, 1.82) is 0 Å². The fourth-order valence-corrected chi connectivity index (χ4v) is 1.69. The van der Waals surface area contributed by atoms with Gasteiger partial charge in [-0.15, -0.1) is 0 Å². The number of hydrogen-bond donors (Lipinski definition) is 1. The average molecular weight is 266 g/mol. The predicted molar refractivity (Wildman–Crippen MR) is 68.4 cm³/mol. The Morgan fingerprint density at radius 2 is 1.89 bits per heavy atom. The maximum absolute atomic E-state index is 13.1. The van der Waals surface area contributed by atoms with Crippen LogP contribution in [0.25, 0.3) is 11.3 Å². The standard InChI is InChI=1S/C14H16F2N2O/c1-9(2)6-17-8-14-18-7-13(19-14)10-3-11(15)5-12(16)4-10/h3-5,7,9,17H,6,8H2,1-2H3. The zero-order valence-corrected chi connectivity index (χ0v) is 10.9. The Bertz CT molecular complexity index is 532. The molecule has 1 aromatic heterocycles. The SMILES string of the molecule is CC(C)CNCc1ncc(-c2cc(F)cc(F)c2)o1. The third-order valence-corrected chi connectivity index (χ3v) is 2.53. The van der Waals surface area contributed by atoms with E-state index in [-0.39, 0.29) is 0 Å². The molecule has 0 atom stereocenters. The summed E-state index contributed by atoms with van der Waals surface area (Å²) in [6, 6.07) is 3.26. The Balaban J connectivity index is 2.07. The van der Waals surface area contributed by atoms with Gasteiger partial charge in [0.25, 0.3) is 0 Å². The first-order chi connectivity index (χ1) is 9.04. The molecule has 19 heavy (non-hydrogen) atoms. The predicted octanol–water partition coefficient (Wildman–Crippen LogP) is 3.37. The molecule has 0 aliphatic carbocycles. The largest absolute Gasteiger partial charge is 0.439 e. The molecule has 0 saturated heterocycles. The van der Waals surface area contributed by atoms with Crippen molar-refractivity contribution in [3.63, 3.8) is 0 Å². The molecule has 0 radical (unpaired) electrons. The molecule has 1 aromatic carbocycles. The molecule has 0 unspecified atom stereocenters. The van der Waals surface area contributed by atoms with Gasteiger partial charge in [-0.05, 0) is 24.6 Å². The van der Waals surface area contributed by atoms with E-state index in [1.165, 1.54) is 18.3 Å². The topological polar surface area (TPSA) is 38.1 Å². The number of rotatable bonds is 5. The fraction of sp³-hybridized carbons (Fsp3) is 0.357. The van der Waals surface area contributed by atoms with Gasteiger partial charge in [0.05, 0.1) is 12.7 Å². The van der Waals surface area contributed by atoms with Crippen molar-refractivity contribution in [2.45, 2.75) is 20.4 Å². The van der Waals surface area contributed by atoms with E-state index in [1.807, 2.05) is 0 Å². The summed E-state index contributed by atoms with van der Waals surface area (Å²) in [6.45, 7) is 5.55. The van der Waals surface area contributed by atoms with Crippen molar-refractivity contribution in [2.75, 3.05) is 6.54 Å². The minimum absolute atomic E-state index is 0.347. The van der Waals surface area contributed by atoms with E-state index < -0.39 is 11.6 Å². The Morgan fingerprint density at radius 1 is 1.21 bits per heavy atom. The Labute approximate surface area is 110 Å². The van der Waals surface area contributed by atoms with Crippen LogP contribution in [0.3, 0.4) is 0 Å². The van der Waals surface area contributed by atoms with E-state index in [9.17, 15) is 8.78 Å². The lowest BCUT2D eigenvalue weighted by molar-refractivity contribution is 0.458. The van der Waals surface area contributed by atoms with Gasteiger partial charge in [0.15, 0.2) is 5.76 Å². The second-order valence-electron chi connectivity index (χ2n) is 4.80. The molecule has 0 bridgehead atoms. The van der Waals surface area contributed by atoms with Gasteiger partial charge < -0.3 is 9.73 Å². The molecule has 0 amide bonds. The number of halogens is 2. The van der Waals surface area contributed by atoms with E-state index in [4.69, 9.17) is 4.42 Å². The zero-order valence-electron chi connectivity index (χ0n) is 10.9. The molecule has 3 nitrogen and oxygen atoms in total. The highest BCUT2D eigenvalue weighted by molar-refractivity contribution is 5.56. The van der Waals surface area contributed by atoms with Crippen LogP contribution < -0.4 is 5.32 Å². The molecule has 0 spiro atoms. The number of aromatic nitrogens is 1. The van der Waals surface area contributed by atoms with Crippen LogP contribution >= 0.6 is 0 Å². The molecular formula is C14H16F2N2O. The summed E-state index contributed by atoms with van der Waals surface area (Å²) in [4.78, 5) is 4.07. The highest BCUT2D eigenvalue weighted by atomic mass is 19.1. The van der Waals surface area contributed by atoms with Crippen LogP contribution in [-0.4, -0.2) is 11.5 Å². The summed E-state index contributed by atoms with van der Waals surface area (Å²) in [5, 5.41) is 3.18. The molecule has 0 fully saturated rings. The summed E-state index contributed by atoms with van der Waals surface area (Å²) >= 11 is 0. The van der Waals surface area contributed by atoms with Crippen molar-refractivity contribution >= 4 is 0 Å². The third kappa shape index (κ3) is 3.86. The quantitative estimate of drug-likeness (QED) is 0.901. The van der Waals surface area contributed by atoms with Crippen LogP contribution in [0, 0.1) is 17.6 Å². The van der Waals surface area contributed by atoms with E-state index in [0.29, 0.717) is 29.7 Å². The van der Waals surface area contributed by atoms with Crippen LogP contribution in [0.1, 0.15) is 19.7 Å². The maximum atomic E-state index is 13.1. The summed E-state index contributed by atoms with van der Waals surface area (Å²) in [7, 11) is 0. The lowest BCUT2D eigenvalue weighted by atomic mass is 10.2. The van der Waals surface area contributed by atoms with Crippen LogP contribution in [-0.2, 0) is 6.54 Å². The lowest BCUT2D eigenvalue weighted by Crippen LogP contribution is -2.18. The smallest absolute Gasteiger partial charge is 0.208 e. The maximum Gasteiger partial charge on any atom is 0.208 e. The first kappa shape index (κ1) is 13.7. The Morgan fingerprint density at radius 3 is 2.53 bits per heavy atom. The van der Waals surface area contributed by atoms with Gasteiger partial charge in [-0.2, -0.15) is 0 Å². The number of nitrogens with one attached hydrogen (secondary N) is 1. The van der Waals surface area contributed by atoms with Crippen LogP contribution in [0.15, 0.2) is 28.8 Å². The molecule has 0 aliphatic heterocycles. The van der Waals surface area contributed by atoms with Gasteiger partial charge in [-0.3, -0.25) is 0 Å². The number of oxazole rings is 1. The number of hydrogen-bond acceptors (Lipinski definition) is 3. The zero-order chi connectivity index (χ0) is 13.8. The minimum Gasteiger partial charge on any atom is -0.439 e. The second kappa shape index (κ2) is 5.93. The molecule has 5 heteroatoms. The fourth-order valence-electron chi connectivity index (χ4n) is 1.69. The normalized spacial score (nSPS) is 11.2. The lowest BCUT2D eigenvalue weighted by Gasteiger charge is -2.04. The molecule has 0 aliphatic rings. The van der Waals surface area contributed by atoms with Gasteiger partial charge in [-0.25, -0.2) is 13.8 Å². The van der Waals surface area contributed by atoms with E-state index in [2.05, 4.69) is 24.1 Å². The number of nitrogens with zero attached hydrogens (tertiary/aromatic N) is 1. The molecule has 1 N–H and O–H groups in total. The van der Waals surface area contributed by atoms with Gasteiger partial charge in [0.2, 0.25) is 5.89 Å². The molecule has 102 valence electrons. The van der Waals surface area contributed by atoms with Crippen LogP contribution in [0.5, 0.6) is 0 Å². The average Bonchev–Trinajstić information content (AvgIpc) is 2.76. The first-order valence-electron chi connectivity index (χ1n) is 6.16. The second-order valence-corrected chi connectivity index (χ2v) is 4.80. The minimum atomic E-state index is -0.633. The van der Waals surface area contributed by atoms with E-state index >= 15 is 0 Å². The van der Waals surface area contributed by atoms with Crippen molar-refractivity contribution in [3.8, 4) is 11.3 Å². The third-order valence-electron chi connectivity index (χ3n) is 2.53. The Hall–Kier alpha value is -1.75. The summed E-state index contributed by atoms with van der Waals surface area (Å²) in [5.41, 5.74) is 0.347. The van der Waals surface area contributed by atoms with E-state index in [0.717, 1.165) is 12.6 Å². The molecule has 2 rings (SSSR count). The monoisotopic (exact) mass is 266 g/mol. The molecule has 0 saturated carbocycles. The summed E-state index contributed by atoms with van der Waals surface area (Å²) < 4.78 is 31.6. The van der Waals surface area contributed by atoms with E-state index in [1.54, 1.807) is 0 Å². The molecular weight excluding hydrogens is 250 g/mol. The molecule has 1 heterocycles. The van der Waals surface area contributed by atoms with Gasteiger partial charge in [-0.1, -0.05) is 13.8 Å². The highest BCUT2D eigenvalue weighted by Gasteiger charge is 2.09. The van der Waals surface area contributed by atoms with Crippen molar-refractivity contribution in [2.24, 2.45) is 5.92 Å². The molecule has 2 aromatic rings. The van der Waals surface area contributed by atoms with Gasteiger partial charge >= 0.3 is 0 Å². The van der Waals surface area contributed by atoms with Crippen LogP contribution in [0.4, 0.5) is 8.78 Å².